The van der Waals surface area contributed by atoms with E-state index in [0.29, 0.717) is 12.2 Å². The maximum atomic E-state index is 11.9. The average molecular weight is 294 g/mol. The van der Waals surface area contributed by atoms with Gasteiger partial charge in [0.15, 0.2) is 0 Å². The summed E-state index contributed by atoms with van der Waals surface area (Å²) in [4.78, 5) is 23.0. The van der Waals surface area contributed by atoms with Gasteiger partial charge >= 0.3 is 12.0 Å². The summed E-state index contributed by atoms with van der Waals surface area (Å²) in [5.41, 5.74) is 0.307. The van der Waals surface area contributed by atoms with Gasteiger partial charge < -0.3 is 15.7 Å². The highest BCUT2D eigenvalue weighted by atomic mass is 16.4. The van der Waals surface area contributed by atoms with Gasteiger partial charge in [-0.2, -0.15) is 5.10 Å². The first kappa shape index (κ1) is 15.3. The highest BCUT2D eigenvalue weighted by molar-refractivity contribution is 5.88. The monoisotopic (exact) mass is 294 g/mol. The number of carbonyl (C=O) groups is 2. The number of aromatic nitrogens is 2. The summed E-state index contributed by atoms with van der Waals surface area (Å²) in [5.74, 6) is -0.800. The molecule has 1 fully saturated rings. The van der Waals surface area contributed by atoms with Crippen molar-refractivity contribution in [1.29, 1.82) is 0 Å². The molecule has 1 aromatic rings. The van der Waals surface area contributed by atoms with E-state index < -0.39 is 5.97 Å². The second-order valence-corrected chi connectivity index (χ2v) is 5.84. The van der Waals surface area contributed by atoms with Crippen LogP contribution < -0.4 is 10.6 Å². The van der Waals surface area contributed by atoms with E-state index in [0.717, 1.165) is 32.1 Å². The van der Waals surface area contributed by atoms with Crippen molar-refractivity contribution in [3.63, 3.8) is 0 Å². The van der Waals surface area contributed by atoms with Gasteiger partial charge in [-0.1, -0.05) is 19.3 Å². The van der Waals surface area contributed by atoms with Crippen molar-refractivity contribution in [2.75, 3.05) is 11.9 Å². The lowest BCUT2D eigenvalue weighted by Crippen LogP contribution is -2.42. The molecule has 3 N–H and O–H groups in total. The molecule has 0 saturated heterocycles. The predicted molar refractivity (Wildman–Crippen MR) is 78.0 cm³/mol. The zero-order valence-corrected chi connectivity index (χ0v) is 12.3. The molecule has 7 nitrogen and oxygen atoms in total. The molecule has 0 spiro atoms. The first-order valence-corrected chi connectivity index (χ1v) is 7.24. The van der Waals surface area contributed by atoms with Crippen LogP contribution in [0.2, 0.25) is 0 Å². The number of carbonyl (C=O) groups excluding carboxylic acids is 1. The number of carboxylic acid groups (broad SMARTS) is 1. The fourth-order valence-corrected chi connectivity index (χ4v) is 2.97. The van der Waals surface area contributed by atoms with Gasteiger partial charge in [0.1, 0.15) is 0 Å². The van der Waals surface area contributed by atoms with Crippen LogP contribution in [0.4, 0.5) is 10.5 Å². The third-order valence-electron chi connectivity index (χ3n) is 4.03. The fraction of sp³-hybridized carbons (Fsp3) is 0.643. The topological polar surface area (TPSA) is 96.2 Å². The molecule has 1 aromatic heterocycles. The van der Waals surface area contributed by atoms with E-state index in [4.69, 9.17) is 5.11 Å². The van der Waals surface area contributed by atoms with Crippen molar-refractivity contribution in [2.45, 2.75) is 38.5 Å². The van der Waals surface area contributed by atoms with Gasteiger partial charge in [0.05, 0.1) is 18.3 Å². The maximum Gasteiger partial charge on any atom is 0.319 e. The van der Waals surface area contributed by atoms with Crippen LogP contribution in [-0.4, -0.2) is 33.4 Å². The average Bonchev–Trinajstić information content (AvgIpc) is 2.82. The molecule has 1 aliphatic rings. The quantitative estimate of drug-likeness (QED) is 0.773. The molecule has 1 heterocycles. The Kier molecular flexibility index (Phi) is 4.82. The Morgan fingerprint density at radius 3 is 2.67 bits per heavy atom. The van der Waals surface area contributed by atoms with Gasteiger partial charge in [0.25, 0.3) is 0 Å². The van der Waals surface area contributed by atoms with Crippen LogP contribution >= 0.6 is 0 Å². The molecule has 0 unspecified atom stereocenters. The Bertz CT molecular complexity index is 506. The van der Waals surface area contributed by atoms with E-state index in [9.17, 15) is 9.59 Å². The second kappa shape index (κ2) is 6.60. The Hall–Kier alpha value is -2.05. The van der Waals surface area contributed by atoms with E-state index in [1.54, 1.807) is 24.1 Å². The van der Waals surface area contributed by atoms with Gasteiger partial charge in [0, 0.05) is 19.8 Å². The lowest BCUT2D eigenvalue weighted by molar-refractivity contribution is -0.140. The van der Waals surface area contributed by atoms with Crippen LogP contribution in [0.25, 0.3) is 0 Å². The zero-order chi connectivity index (χ0) is 15.3. The molecule has 1 saturated carbocycles. The normalized spacial score (nSPS) is 17.2. The standard InChI is InChI=1S/C14H22N4O3/c1-18-9-11(8-16-18)17-13(21)15-10-14(7-12(19)20)5-3-2-4-6-14/h8-9H,2-7,10H2,1H3,(H,19,20)(H2,15,17,21). The number of nitrogens with zero attached hydrogens (tertiary/aromatic N) is 2. The molecule has 0 bridgehead atoms. The van der Waals surface area contributed by atoms with Gasteiger partial charge in [0.2, 0.25) is 0 Å². The first-order chi connectivity index (χ1) is 9.99. The number of hydrogen-bond donors (Lipinski definition) is 3. The van der Waals surface area contributed by atoms with Crippen molar-refractivity contribution < 1.29 is 14.7 Å². The number of hydrogen-bond acceptors (Lipinski definition) is 3. The molecule has 21 heavy (non-hydrogen) atoms. The van der Waals surface area contributed by atoms with E-state index in [-0.39, 0.29) is 17.9 Å². The number of urea groups is 1. The molecular formula is C14H22N4O3. The molecule has 2 amide bonds. The third-order valence-corrected chi connectivity index (χ3v) is 4.03. The lowest BCUT2D eigenvalue weighted by Gasteiger charge is -2.36. The number of anilines is 1. The highest BCUT2D eigenvalue weighted by Gasteiger charge is 2.34. The van der Waals surface area contributed by atoms with Gasteiger partial charge in [-0.15, -0.1) is 0 Å². The van der Waals surface area contributed by atoms with Gasteiger partial charge in [-0.3, -0.25) is 9.48 Å². The van der Waals surface area contributed by atoms with Crippen molar-refractivity contribution in [3.8, 4) is 0 Å². The number of carboxylic acids is 1. The lowest BCUT2D eigenvalue weighted by atomic mass is 9.72. The number of aryl methyl sites for hydroxylation is 1. The molecule has 2 rings (SSSR count). The summed E-state index contributed by atoms with van der Waals surface area (Å²) in [6.45, 7) is 0.394. The molecule has 0 aliphatic heterocycles. The highest BCUT2D eigenvalue weighted by Crippen LogP contribution is 2.38. The van der Waals surface area contributed by atoms with E-state index in [1.807, 2.05) is 0 Å². The predicted octanol–water partition coefficient (Wildman–Crippen LogP) is 1.97. The molecule has 1 aliphatic carbocycles. The van der Waals surface area contributed by atoms with Crippen LogP contribution in [0.15, 0.2) is 12.4 Å². The summed E-state index contributed by atoms with van der Waals surface area (Å²) in [5, 5.41) is 18.6. The zero-order valence-electron chi connectivity index (χ0n) is 12.3. The minimum absolute atomic E-state index is 0.111. The van der Waals surface area contributed by atoms with Crippen LogP contribution in [0.3, 0.4) is 0 Å². The Labute approximate surface area is 123 Å². The van der Waals surface area contributed by atoms with Crippen LogP contribution in [0.5, 0.6) is 0 Å². The van der Waals surface area contributed by atoms with Gasteiger partial charge in [-0.25, -0.2) is 4.79 Å². The Morgan fingerprint density at radius 2 is 2.10 bits per heavy atom. The van der Waals surface area contributed by atoms with Crippen LogP contribution in [0.1, 0.15) is 38.5 Å². The van der Waals surface area contributed by atoms with Crippen molar-refractivity contribution in [1.82, 2.24) is 15.1 Å². The van der Waals surface area contributed by atoms with E-state index >= 15 is 0 Å². The summed E-state index contributed by atoms with van der Waals surface area (Å²) in [6.07, 6.45) is 8.28. The molecule has 0 aromatic carbocycles. The first-order valence-electron chi connectivity index (χ1n) is 7.24. The summed E-state index contributed by atoms with van der Waals surface area (Å²) in [7, 11) is 1.77. The Balaban J connectivity index is 1.88. The molecule has 0 radical (unpaired) electrons. The molecule has 116 valence electrons. The van der Waals surface area contributed by atoms with Gasteiger partial charge in [-0.05, 0) is 18.3 Å². The summed E-state index contributed by atoms with van der Waals surface area (Å²) >= 11 is 0. The maximum absolute atomic E-state index is 11.9. The SMILES string of the molecule is Cn1cc(NC(=O)NCC2(CC(=O)O)CCCCC2)cn1. The minimum Gasteiger partial charge on any atom is -0.481 e. The van der Waals surface area contributed by atoms with Crippen molar-refractivity contribution in [2.24, 2.45) is 12.5 Å². The largest absolute Gasteiger partial charge is 0.481 e. The number of nitrogens with one attached hydrogen (secondary N) is 2. The van der Waals surface area contributed by atoms with E-state index in [1.165, 1.54) is 0 Å². The minimum atomic E-state index is -0.800. The fourth-order valence-electron chi connectivity index (χ4n) is 2.97. The van der Waals surface area contributed by atoms with Crippen LogP contribution in [-0.2, 0) is 11.8 Å². The molecule has 7 heteroatoms. The molecule has 0 atom stereocenters. The second-order valence-electron chi connectivity index (χ2n) is 5.84. The van der Waals surface area contributed by atoms with Crippen molar-refractivity contribution >= 4 is 17.7 Å². The molecular weight excluding hydrogens is 272 g/mol. The van der Waals surface area contributed by atoms with Crippen molar-refractivity contribution in [3.05, 3.63) is 12.4 Å². The smallest absolute Gasteiger partial charge is 0.319 e. The van der Waals surface area contributed by atoms with E-state index in [2.05, 4.69) is 15.7 Å². The Morgan fingerprint density at radius 1 is 1.38 bits per heavy atom. The number of amides is 2. The van der Waals surface area contributed by atoms with Crippen LogP contribution in [0, 0.1) is 5.41 Å². The number of rotatable bonds is 5. The summed E-state index contributed by atoms with van der Waals surface area (Å²) < 4.78 is 1.60. The third kappa shape index (κ3) is 4.47. The summed E-state index contributed by atoms with van der Waals surface area (Å²) in [6, 6.07) is -0.321. The number of aliphatic carboxylic acids is 1.